The molecule has 3 heterocycles. The molecule has 6 nitrogen and oxygen atoms in total. The number of hydrogen-bond donors (Lipinski definition) is 2. The molecule has 1 aromatic carbocycles. The molecular weight excluding hydrogens is 396 g/mol. The fourth-order valence-corrected chi connectivity index (χ4v) is 4.67. The molecule has 7 heteroatoms. The van der Waals surface area contributed by atoms with Crippen LogP contribution in [-0.2, 0) is 24.3 Å². The Kier molecular flexibility index (Phi) is 6.38. The first-order chi connectivity index (χ1) is 14.7. The van der Waals surface area contributed by atoms with Crippen molar-refractivity contribution >= 4 is 34.2 Å². The molecule has 0 atom stereocenters. The Bertz CT molecular complexity index is 1050. The maximum Gasteiger partial charge on any atom is 0.224 e. The second-order valence-corrected chi connectivity index (χ2v) is 8.45. The minimum absolute atomic E-state index is 0.184. The summed E-state index contributed by atoms with van der Waals surface area (Å²) < 4.78 is 5.95. The van der Waals surface area contributed by atoms with Crippen LogP contribution in [0.15, 0.2) is 45.1 Å². The third kappa shape index (κ3) is 4.51. The number of fused-ring (bicyclic) bond motifs is 2. The van der Waals surface area contributed by atoms with Crippen LogP contribution in [-0.4, -0.2) is 36.4 Å². The average Bonchev–Trinajstić information content (AvgIpc) is 3.36. The number of aliphatic imine (C=N–C) groups is 1. The average molecular weight is 425 g/mol. The van der Waals surface area contributed by atoms with Gasteiger partial charge in [0.1, 0.15) is 17.9 Å². The highest BCUT2D eigenvalue weighted by atomic mass is 32.1. The van der Waals surface area contributed by atoms with Crippen molar-refractivity contribution in [1.82, 2.24) is 15.5 Å². The number of carbonyl (C=O) groups is 1. The molecule has 0 radical (unpaired) electrons. The molecule has 158 valence electrons. The molecule has 0 spiro atoms. The Labute approximate surface area is 181 Å². The number of rotatable bonds is 6. The number of aryl methyl sites for hydroxylation is 1. The van der Waals surface area contributed by atoms with Crippen molar-refractivity contribution in [3.63, 3.8) is 0 Å². The van der Waals surface area contributed by atoms with Gasteiger partial charge in [0.2, 0.25) is 5.91 Å². The Morgan fingerprint density at radius 3 is 2.97 bits per heavy atom. The van der Waals surface area contributed by atoms with E-state index in [4.69, 9.17) is 4.42 Å². The van der Waals surface area contributed by atoms with Crippen LogP contribution in [0, 0.1) is 6.92 Å². The first kappa shape index (κ1) is 20.5. The van der Waals surface area contributed by atoms with Crippen molar-refractivity contribution < 1.29 is 9.21 Å². The van der Waals surface area contributed by atoms with Gasteiger partial charge in [-0.1, -0.05) is 18.2 Å². The fourth-order valence-electron chi connectivity index (χ4n) is 3.78. The normalized spacial score (nSPS) is 14.1. The highest BCUT2D eigenvalue weighted by Crippen LogP contribution is 2.25. The standard InChI is InChI=1S/C23H28N4O2S/c1-3-24-23(26-14-20-16(2)18-6-4-5-7-19(18)29-20)25-11-8-22(28)27-12-9-21-17(15-27)10-13-30-21/h4-7,10,13H,3,8-9,11-12,14-15H2,1-2H3,(H2,24,25,26). The van der Waals surface area contributed by atoms with Gasteiger partial charge in [-0.3, -0.25) is 4.79 Å². The maximum atomic E-state index is 12.6. The third-order valence-electron chi connectivity index (χ3n) is 5.46. The number of hydrogen-bond acceptors (Lipinski definition) is 4. The van der Waals surface area contributed by atoms with Crippen molar-refractivity contribution in [3.05, 3.63) is 57.5 Å². The lowest BCUT2D eigenvalue weighted by Crippen LogP contribution is -2.41. The van der Waals surface area contributed by atoms with E-state index < -0.39 is 0 Å². The molecule has 1 aliphatic heterocycles. The van der Waals surface area contributed by atoms with E-state index in [1.807, 2.05) is 30.0 Å². The summed E-state index contributed by atoms with van der Waals surface area (Å²) in [4.78, 5) is 20.6. The van der Waals surface area contributed by atoms with Crippen molar-refractivity contribution in [1.29, 1.82) is 0 Å². The van der Waals surface area contributed by atoms with Crippen molar-refractivity contribution in [3.8, 4) is 0 Å². The number of thiophene rings is 1. The highest BCUT2D eigenvalue weighted by molar-refractivity contribution is 7.10. The monoisotopic (exact) mass is 424 g/mol. The van der Waals surface area contributed by atoms with Crippen molar-refractivity contribution in [2.75, 3.05) is 19.6 Å². The Morgan fingerprint density at radius 2 is 2.13 bits per heavy atom. The molecular formula is C23H28N4O2S. The van der Waals surface area contributed by atoms with E-state index in [9.17, 15) is 4.79 Å². The largest absolute Gasteiger partial charge is 0.459 e. The summed E-state index contributed by atoms with van der Waals surface area (Å²) in [6.07, 6.45) is 1.42. The number of amides is 1. The van der Waals surface area contributed by atoms with Crippen LogP contribution in [0.5, 0.6) is 0 Å². The minimum Gasteiger partial charge on any atom is -0.459 e. The molecule has 0 saturated carbocycles. The second-order valence-electron chi connectivity index (χ2n) is 7.45. The van der Waals surface area contributed by atoms with E-state index in [1.165, 1.54) is 10.4 Å². The molecule has 0 bridgehead atoms. The summed E-state index contributed by atoms with van der Waals surface area (Å²) in [7, 11) is 0. The number of guanidine groups is 1. The van der Waals surface area contributed by atoms with E-state index in [0.29, 0.717) is 25.5 Å². The number of benzene rings is 1. The summed E-state index contributed by atoms with van der Waals surface area (Å²) in [6, 6.07) is 10.2. The van der Waals surface area contributed by atoms with Crippen molar-refractivity contribution in [2.45, 2.75) is 39.8 Å². The highest BCUT2D eigenvalue weighted by Gasteiger charge is 2.21. The van der Waals surface area contributed by atoms with Crippen LogP contribution in [0.2, 0.25) is 0 Å². The lowest BCUT2D eigenvalue weighted by molar-refractivity contribution is -0.131. The van der Waals surface area contributed by atoms with Crippen molar-refractivity contribution in [2.24, 2.45) is 4.99 Å². The summed E-state index contributed by atoms with van der Waals surface area (Å²) in [5, 5.41) is 9.76. The summed E-state index contributed by atoms with van der Waals surface area (Å²) in [6.45, 7) is 7.40. The molecule has 2 N–H and O–H groups in total. The molecule has 0 unspecified atom stereocenters. The Morgan fingerprint density at radius 1 is 1.27 bits per heavy atom. The van der Waals surface area contributed by atoms with Crippen LogP contribution in [0.4, 0.5) is 0 Å². The number of furan rings is 1. The summed E-state index contributed by atoms with van der Waals surface area (Å²) in [5.41, 5.74) is 3.31. The molecule has 30 heavy (non-hydrogen) atoms. The minimum atomic E-state index is 0.184. The van der Waals surface area contributed by atoms with Crippen LogP contribution in [0.1, 0.15) is 35.1 Å². The van der Waals surface area contributed by atoms with Crippen LogP contribution in [0.25, 0.3) is 11.0 Å². The first-order valence-corrected chi connectivity index (χ1v) is 11.4. The van der Waals surface area contributed by atoms with Gasteiger partial charge in [-0.2, -0.15) is 0 Å². The van der Waals surface area contributed by atoms with Gasteiger partial charge >= 0.3 is 0 Å². The SMILES string of the molecule is CCNC(=NCc1oc2ccccc2c1C)NCCC(=O)N1CCc2sccc2C1. The molecule has 0 fully saturated rings. The van der Waals surface area contributed by atoms with Gasteiger partial charge in [-0.15, -0.1) is 11.3 Å². The smallest absolute Gasteiger partial charge is 0.224 e. The summed E-state index contributed by atoms with van der Waals surface area (Å²) in [5.74, 6) is 1.75. The van der Waals surface area contributed by atoms with Gasteiger partial charge in [-0.25, -0.2) is 4.99 Å². The topological polar surface area (TPSA) is 69.9 Å². The number of nitrogens with zero attached hydrogens (tertiary/aromatic N) is 2. The van der Waals surface area contributed by atoms with Gasteiger partial charge in [0.15, 0.2) is 5.96 Å². The third-order valence-corrected chi connectivity index (χ3v) is 6.48. The van der Waals surface area contributed by atoms with Crippen LogP contribution in [0.3, 0.4) is 0 Å². The Balaban J connectivity index is 1.32. The lowest BCUT2D eigenvalue weighted by Gasteiger charge is -2.27. The Hall–Kier alpha value is -2.80. The van der Waals surface area contributed by atoms with Crippen LogP contribution >= 0.6 is 11.3 Å². The molecule has 3 aromatic rings. The quantitative estimate of drug-likeness (QED) is 0.466. The van der Waals surface area contributed by atoms with E-state index in [0.717, 1.165) is 48.3 Å². The van der Waals surface area contributed by atoms with Gasteiger partial charge < -0.3 is 20.0 Å². The molecule has 4 rings (SSSR count). The van der Waals surface area contributed by atoms with E-state index in [-0.39, 0.29) is 5.91 Å². The summed E-state index contributed by atoms with van der Waals surface area (Å²) >= 11 is 1.79. The van der Waals surface area contributed by atoms with Gasteiger partial charge in [0.25, 0.3) is 0 Å². The first-order valence-electron chi connectivity index (χ1n) is 10.5. The number of carbonyl (C=O) groups excluding carboxylic acids is 1. The molecule has 1 aliphatic rings. The second kappa shape index (κ2) is 9.34. The molecule has 0 saturated heterocycles. The van der Waals surface area contributed by atoms with Gasteiger partial charge in [0.05, 0.1) is 0 Å². The zero-order chi connectivity index (χ0) is 20.9. The molecule has 1 amide bonds. The molecule has 0 aliphatic carbocycles. The fraction of sp³-hybridized carbons (Fsp3) is 0.391. The predicted octanol–water partition coefficient (Wildman–Crippen LogP) is 3.83. The van der Waals surface area contributed by atoms with Crippen LogP contribution < -0.4 is 10.6 Å². The zero-order valence-corrected chi connectivity index (χ0v) is 18.3. The molecule has 2 aromatic heterocycles. The van der Waals surface area contributed by atoms with E-state index in [1.54, 1.807) is 11.3 Å². The van der Waals surface area contributed by atoms with Gasteiger partial charge in [-0.05, 0) is 43.3 Å². The zero-order valence-electron chi connectivity index (χ0n) is 17.5. The van der Waals surface area contributed by atoms with Gasteiger partial charge in [0, 0.05) is 48.4 Å². The van der Waals surface area contributed by atoms with E-state index >= 15 is 0 Å². The maximum absolute atomic E-state index is 12.6. The number of nitrogens with one attached hydrogen (secondary N) is 2. The number of para-hydroxylation sites is 1. The lowest BCUT2D eigenvalue weighted by atomic mass is 10.1. The van der Waals surface area contributed by atoms with E-state index in [2.05, 4.69) is 40.1 Å². The predicted molar refractivity (Wildman–Crippen MR) is 122 cm³/mol.